The van der Waals surface area contributed by atoms with E-state index in [1.54, 1.807) is 12.1 Å². The van der Waals surface area contributed by atoms with Gasteiger partial charge < -0.3 is 21.5 Å². The van der Waals surface area contributed by atoms with E-state index in [-0.39, 0.29) is 44.4 Å². The van der Waals surface area contributed by atoms with Gasteiger partial charge >= 0.3 is 5.97 Å². The van der Waals surface area contributed by atoms with Gasteiger partial charge in [0.2, 0.25) is 11.8 Å². The molecule has 2 unspecified atom stereocenters. The zero-order valence-corrected chi connectivity index (χ0v) is 23.3. The molecule has 0 bridgehead atoms. The molecule has 40 heavy (non-hydrogen) atoms. The Balaban J connectivity index is 1.88. The van der Waals surface area contributed by atoms with Gasteiger partial charge in [0.1, 0.15) is 5.82 Å². The number of halogens is 1. The molecule has 9 nitrogen and oxygen atoms in total. The molecule has 0 aliphatic rings. The number of carboxylic acids is 1. The normalized spacial score (nSPS) is 13.1. The second kappa shape index (κ2) is 17.2. The highest BCUT2D eigenvalue weighted by molar-refractivity contribution is 7.98. The summed E-state index contributed by atoms with van der Waals surface area (Å²) < 4.78 is 13.0. The summed E-state index contributed by atoms with van der Waals surface area (Å²) >= 11 is 1.49. The maximum atomic E-state index is 13.1. The Labute approximate surface area is 237 Å². The third-order valence-electron chi connectivity index (χ3n) is 6.27. The van der Waals surface area contributed by atoms with E-state index in [1.165, 1.54) is 36.0 Å². The molecule has 2 aromatic rings. The minimum atomic E-state index is -1.06. The highest BCUT2D eigenvalue weighted by atomic mass is 32.2. The Hall–Kier alpha value is -3.57. The number of hydrogen-bond acceptors (Lipinski definition) is 7. The number of thioether (sulfide) groups is 1. The fourth-order valence-corrected chi connectivity index (χ4v) is 4.47. The van der Waals surface area contributed by atoms with Crippen LogP contribution >= 0.6 is 11.8 Å². The number of carbonyl (C=O) groups is 5. The van der Waals surface area contributed by atoms with Gasteiger partial charge in [-0.1, -0.05) is 42.5 Å². The van der Waals surface area contributed by atoms with E-state index in [4.69, 9.17) is 5.73 Å². The average molecular weight is 574 g/mol. The topological polar surface area (TPSA) is 156 Å². The molecule has 0 spiro atoms. The van der Waals surface area contributed by atoms with E-state index >= 15 is 0 Å². The van der Waals surface area contributed by atoms with Crippen molar-refractivity contribution in [1.29, 1.82) is 0 Å². The number of hydrogen-bond donors (Lipinski definition) is 4. The Morgan fingerprint density at radius 2 is 1.60 bits per heavy atom. The van der Waals surface area contributed by atoms with E-state index < -0.39 is 47.4 Å². The van der Waals surface area contributed by atoms with Crippen molar-refractivity contribution in [1.82, 2.24) is 10.6 Å². The summed E-state index contributed by atoms with van der Waals surface area (Å²) in [5.74, 6) is -3.58. The second-order valence-corrected chi connectivity index (χ2v) is 10.5. The summed E-state index contributed by atoms with van der Waals surface area (Å²) in [6.45, 7) is -0.314. The van der Waals surface area contributed by atoms with Gasteiger partial charge in [-0.05, 0) is 54.5 Å². The van der Waals surface area contributed by atoms with Gasteiger partial charge in [0, 0.05) is 19.3 Å². The Bertz CT molecular complexity index is 1150. The molecule has 0 fully saturated rings. The van der Waals surface area contributed by atoms with Crippen LogP contribution in [0.2, 0.25) is 0 Å². The van der Waals surface area contributed by atoms with Gasteiger partial charge in [0.05, 0.1) is 24.5 Å². The molecule has 0 aliphatic carbocycles. The largest absolute Gasteiger partial charge is 0.481 e. The first kappa shape index (κ1) is 32.6. The van der Waals surface area contributed by atoms with Crippen molar-refractivity contribution in [3.63, 3.8) is 0 Å². The molecule has 5 N–H and O–H groups in total. The summed E-state index contributed by atoms with van der Waals surface area (Å²) in [5.41, 5.74) is 7.34. The van der Waals surface area contributed by atoms with Crippen molar-refractivity contribution in [3.8, 4) is 0 Å². The van der Waals surface area contributed by atoms with E-state index in [0.717, 1.165) is 5.56 Å². The standard InChI is InChI=1S/C29H36FN3O6S/c1-40-14-13-21(29(38)39)17-26(35)25(16-19-5-3-2-4-6-19)33-27(36)12-11-23(34)18-32-28(37)24(31)15-20-7-9-22(30)10-8-20/h2-10,21,24-25H,11-18,31H2,1H3,(H,32,37)(H,33,36)(H,38,39)/t21?,24-,25?/m1/s1. The van der Waals surface area contributed by atoms with Crippen LogP contribution in [-0.2, 0) is 36.8 Å². The van der Waals surface area contributed by atoms with Crippen molar-refractivity contribution in [2.75, 3.05) is 18.6 Å². The van der Waals surface area contributed by atoms with Gasteiger partial charge in [0.15, 0.2) is 11.6 Å². The molecule has 3 atom stereocenters. The minimum Gasteiger partial charge on any atom is -0.481 e. The predicted molar refractivity (Wildman–Crippen MR) is 151 cm³/mol. The van der Waals surface area contributed by atoms with Crippen LogP contribution in [0, 0.1) is 11.7 Å². The van der Waals surface area contributed by atoms with Crippen molar-refractivity contribution in [2.24, 2.45) is 11.7 Å². The molecule has 0 heterocycles. The van der Waals surface area contributed by atoms with E-state index in [1.807, 2.05) is 24.5 Å². The van der Waals surface area contributed by atoms with Crippen LogP contribution in [0.15, 0.2) is 54.6 Å². The Kier molecular flexibility index (Phi) is 14.0. The van der Waals surface area contributed by atoms with Crippen LogP contribution < -0.4 is 16.4 Å². The van der Waals surface area contributed by atoms with E-state index in [0.29, 0.717) is 17.7 Å². The number of nitrogens with one attached hydrogen (secondary N) is 2. The third-order valence-corrected chi connectivity index (χ3v) is 6.91. The maximum absolute atomic E-state index is 13.1. The molecule has 11 heteroatoms. The number of rotatable bonds is 18. The van der Waals surface area contributed by atoms with Gasteiger partial charge in [-0.15, -0.1) is 0 Å². The van der Waals surface area contributed by atoms with Gasteiger partial charge in [-0.2, -0.15) is 11.8 Å². The lowest BCUT2D eigenvalue weighted by atomic mass is 9.93. The molecule has 2 rings (SSSR count). The fourth-order valence-electron chi connectivity index (χ4n) is 3.94. The van der Waals surface area contributed by atoms with Crippen molar-refractivity contribution < 1.29 is 33.5 Å². The first-order chi connectivity index (χ1) is 19.1. The van der Waals surface area contributed by atoms with Gasteiger partial charge in [-0.3, -0.25) is 24.0 Å². The van der Waals surface area contributed by atoms with Crippen molar-refractivity contribution in [3.05, 3.63) is 71.5 Å². The van der Waals surface area contributed by atoms with Crippen LogP contribution in [0.4, 0.5) is 4.39 Å². The molecule has 216 valence electrons. The van der Waals surface area contributed by atoms with Crippen LogP contribution in [-0.4, -0.2) is 65.1 Å². The summed E-state index contributed by atoms with van der Waals surface area (Å²) in [5, 5.41) is 14.6. The predicted octanol–water partition coefficient (Wildman–Crippen LogP) is 2.30. The molecule has 0 aromatic heterocycles. The number of amides is 2. The third kappa shape index (κ3) is 12.1. The van der Waals surface area contributed by atoms with Crippen molar-refractivity contribution in [2.45, 2.75) is 50.6 Å². The first-order valence-electron chi connectivity index (χ1n) is 13.0. The van der Waals surface area contributed by atoms with Gasteiger partial charge in [0.25, 0.3) is 0 Å². The van der Waals surface area contributed by atoms with E-state index in [2.05, 4.69) is 10.6 Å². The summed E-state index contributed by atoms with van der Waals surface area (Å²) in [6, 6.07) is 12.7. The maximum Gasteiger partial charge on any atom is 0.306 e. The number of benzene rings is 2. The van der Waals surface area contributed by atoms with Gasteiger partial charge in [-0.25, -0.2) is 4.39 Å². The highest BCUT2D eigenvalue weighted by Gasteiger charge is 2.27. The number of Topliss-reactive ketones (excluding diaryl/α,β-unsaturated/α-hetero) is 2. The quantitative estimate of drug-likeness (QED) is 0.212. The highest BCUT2D eigenvalue weighted by Crippen LogP contribution is 2.16. The number of carboxylic acid groups (broad SMARTS) is 1. The number of nitrogens with two attached hydrogens (primary N) is 1. The Morgan fingerprint density at radius 1 is 0.950 bits per heavy atom. The van der Waals surface area contributed by atoms with Crippen LogP contribution in [0.1, 0.15) is 36.8 Å². The fraction of sp³-hybridized carbons (Fsp3) is 0.414. The smallest absolute Gasteiger partial charge is 0.306 e. The lowest BCUT2D eigenvalue weighted by Crippen LogP contribution is -2.44. The number of aliphatic carboxylic acids is 1. The monoisotopic (exact) mass is 573 g/mol. The van der Waals surface area contributed by atoms with Crippen LogP contribution in [0.5, 0.6) is 0 Å². The molecule has 2 aromatic carbocycles. The average Bonchev–Trinajstić information content (AvgIpc) is 2.93. The summed E-state index contributed by atoms with van der Waals surface area (Å²) in [6.07, 6.45) is 1.96. The minimum absolute atomic E-state index is 0.166. The lowest BCUT2D eigenvalue weighted by Gasteiger charge is -2.20. The van der Waals surface area contributed by atoms with E-state index in [9.17, 15) is 33.5 Å². The molecule has 0 saturated carbocycles. The zero-order valence-electron chi connectivity index (χ0n) is 22.4. The number of ketones is 2. The Morgan fingerprint density at radius 3 is 2.23 bits per heavy atom. The molecule has 0 saturated heterocycles. The molecular weight excluding hydrogens is 537 g/mol. The summed E-state index contributed by atoms with van der Waals surface area (Å²) in [7, 11) is 0. The van der Waals surface area contributed by atoms with Crippen molar-refractivity contribution >= 4 is 41.1 Å². The second-order valence-electron chi connectivity index (χ2n) is 9.49. The zero-order chi connectivity index (χ0) is 29.5. The van der Waals surface area contributed by atoms with Crippen LogP contribution in [0.25, 0.3) is 0 Å². The number of carbonyl (C=O) groups excluding carboxylic acids is 4. The lowest BCUT2D eigenvalue weighted by molar-refractivity contribution is -0.144. The summed E-state index contributed by atoms with van der Waals surface area (Å²) in [4.78, 5) is 61.9. The first-order valence-corrected chi connectivity index (χ1v) is 14.4. The van der Waals surface area contributed by atoms with Crippen LogP contribution in [0.3, 0.4) is 0 Å². The molecule has 0 radical (unpaired) electrons. The molecular formula is C29H36FN3O6S. The molecule has 0 aliphatic heterocycles. The SMILES string of the molecule is CSCCC(CC(=O)C(Cc1ccccc1)NC(=O)CCC(=O)CNC(=O)[C@H](N)Cc1ccc(F)cc1)C(=O)O. The molecule has 2 amide bonds.